The normalized spacial score (nSPS) is 15.5. The maximum Gasteiger partial charge on any atom is 0.415 e. The predicted molar refractivity (Wildman–Crippen MR) is 200 cm³/mol. The van der Waals surface area contributed by atoms with E-state index in [4.69, 9.17) is 37.9 Å². The molecule has 0 bridgehead atoms. The van der Waals surface area contributed by atoms with Gasteiger partial charge in [0.05, 0.1) is 66.5 Å². The lowest BCUT2D eigenvalue weighted by Gasteiger charge is -2.38. The van der Waals surface area contributed by atoms with Gasteiger partial charge in [0.25, 0.3) is 0 Å². The van der Waals surface area contributed by atoms with Gasteiger partial charge in [-0.25, -0.2) is 4.79 Å². The number of rotatable bonds is 20. The van der Waals surface area contributed by atoms with Gasteiger partial charge in [0, 0.05) is 50.7 Å². The van der Waals surface area contributed by atoms with E-state index in [9.17, 15) is 9.90 Å². The van der Waals surface area contributed by atoms with Crippen LogP contribution in [-0.4, -0.2) is 83.1 Å². The average Bonchev–Trinajstić information content (AvgIpc) is 3.20. The van der Waals surface area contributed by atoms with Crippen molar-refractivity contribution in [2.45, 2.75) is 51.1 Å². The molecule has 53 heavy (non-hydrogen) atoms. The van der Waals surface area contributed by atoms with Crippen molar-refractivity contribution in [2.24, 2.45) is 0 Å². The van der Waals surface area contributed by atoms with Gasteiger partial charge < -0.3 is 47.9 Å². The molecule has 11 nitrogen and oxygen atoms in total. The summed E-state index contributed by atoms with van der Waals surface area (Å²) < 4.78 is 46.2. The lowest BCUT2D eigenvalue weighted by Crippen LogP contribution is -2.47. The van der Waals surface area contributed by atoms with E-state index in [1.54, 1.807) is 50.5 Å². The molecule has 11 heteroatoms. The number of carbonyl (C=O) groups is 1. The van der Waals surface area contributed by atoms with Crippen LogP contribution in [0.5, 0.6) is 28.7 Å². The number of nitrogens with zero attached hydrogens (tertiary/aromatic N) is 1. The van der Waals surface area contributed by atoms with Crippen LogP contribution in [0.1, 0.15) is 47.4 Å². The number of aliphatic hydroxyl groups excluding tert-OH is 1. The molecule has 4 aromatic carbocycles. The van der Waals surface area contributed by atoms with Gasteiger partial charge in [0.2, 0.25) is 0 Å². The van der Waals surface area contributed by atoms with Crippen molar-refractivity contribution in [3.8, 4) is 28.7 Å². The van der Waals surface area contributed by atoms with Crippen LogP contribution >= 0.6 is 0 Å². The number of carbonyl (C=O) groups excluding carboxylic acids is 1. The Balaban J connectivity index is 1.20. The van der Waals surface area contributed by atoms with Crippen LogP contribution in [0.25, 0.3) is 0 Å². The number of aliphatic hydroxyl groups is 1. The second-order valence-corrected chi connectivity index (χ2v) is 12.7. The Hall–Kier alpha value is -4.81. The van der Waals surface area contributed by atoms with Gasteiger partial charge in [0.15, 0.2) is 0 Å². The van der Waals surface area contributed by atoms with Crippen molar-refractivity contribution < 1.29 is 47.8 Å². The quantitative estimate of drug-likeness (QED) is 0.0940. The molecule has 2 atom stereocenters. The van der Waals surface area contributed by atoms with E-state index in [1.807, 2.05) is 54.6 Å². The molecule has 1 heterocycles. The first-order valence-electron chi connectivity index (χ1n) is 18.0. The molecule has 1 N–H and O–H groups in total. The van der Waals surface area contributed by atoms with Gasteiger partial charge in [-0.2, -0.15) is 0 Å². The number of hydrogen-bond acceptors (Lipinski definition) is 10. The highest BCUT2D eigenvalue weighted by atomic mass is 16.6. The summed E-state index contributed by atoms with van der Waals surface area (Å²) in [6, 6.07) is 28.5. The maximum atomic E-state index is 13.3. The summed E-state index contributed by atoms with van der Waals surface area (Å²) in [6.45, 7) is 3.77. The van der Waals surface area contributed by atoms with Gasteiger partial charge in [-0.3, -0.25) is 0 Å². The van der Waals surface area contributed by atoms with E-state index in [0.29, 0.717) is 76.4 Å². The minimum absolute atomic E-state index is 0.0238. The highest BCUT2D eigenvalue weighted by Gasteiger charge is 2.34. The third kappa shape index (κ3) is 12.1. The molecular weight excluding hydrogens is 678 g/mol. The first kappa shape index (κ1) is 39.4. The average molecular weight is 730 g/mol. The number of benzene rings is 4. The van der Waals surface area contributed by atoms with Gasteiger partial charge in [-0.05, 0) is 65.6 Å². The fourth-order valence-corrected chi connectivity index (χ4v) is 6.14. The summed E-state index contributed by atoms with van der Waals surface area (Å²) in [5, 5.41) is 9.36. The van der Waals surface area contributed by atoms with Crippen molar-refractivity contribution in [1.29, 1.82) is 0 Å². The first-order valence-corrected chi connectivity index (χ1v) is 18.0. The first-order chi connectivity index (χ1) is 26.0. The largest absolute Gasteiger partial charge is 0.497 e. The second-order valence-electron chi connectivity index (χ2n) is 12.7. The molecule has 1 aliphatic heterocycles. The van der Waals surface area contributed by atoms with Crippen LogP contribution < -0.4 is 23.7 Å². The minimum Gasteiger partial charge on any atom is -0.497 e. The minimum atomic E-state index is -0.447. The zero-order chi connectivity index (χ0) is 37.3. The summed E-state index contributed by atoms with van der Waals surface area (Å²) in [7, 11) is 4.95. The van der Waals surface area contributed by atoms with Crippen LogP contribution in [0.4, 0.5) is 4.79 Å². The zero-order valence-electron chi connectivity index (χ0n) is 30.9. The van der Waals surface area contributed by atoms with E-state index in [2.05, 4.69) is 12.1 Å². The van der Waals surface area contributed by atoms with E-state index < -0.39 is 6.09 Å². The van der Waals surface area contributed by atoms with Gasteiger partial charge in [-0.1, -0.05) is 42.5 Å². The smallest absolute Gasteiger partial charge is 0.415 e. The topological polar surface area (TPSA) is 114 Å². The Morgan fingerprint density at radius 3 is 2.19 bits per heavy atom. The van der Waals surface area contributed by atoms with Gasteiger partial charge >= 0.3 is 6.09 Å². The third-order valence-corrected chi connectivity index (χ3v) is 8.99. The number of likely N-dealkylation sites (tertiary alicyclic amines) is 1. The molecule has 1 unspecified atom stereocenters. The van der Waals surface area contributed by atoms with E-state index in [-0.39, 0.29) is 18.6 Å². The van der Waals surface area contributed by atoms with Crippen molar-refractivity contribution in [2.75, 3.05) is 60.8 Å². The fourth-order valence-electron chi connectivity index (χ4n) is 6.14. The number of para-hydroxylation sites is 1. The fraction of sp³-hybridized carbons (Fsp3) is 0.405. The Bertz CT molecular complexity index is 1680. The molecule has 284 valence electrons. The molecule has 1 aliphatic rings. The highest BCUT2D eigenvalue weighted by molar-refractivity contribution is 5.71. The lowest BCUT2D eigenvalue weighted by molar-refractivity contribution is -0.0191. The predicted octanol–water partition coefficient (Wildman–Crippen LogP) is 7.17. The van der Waals surface area contributed by atoms with Crippen molar-refractivity contribution in [3.63, 3.8) is 0 Å². The Labute approximate surface area is 312 Å². The SMILES string of the molecule is COCCCOc1cc(COC2CN(C(=O)Oc3ccc(CO)cc3)CC[C@@H]2c2ccc(OCCCOCc3ccccc3OC)cc2)cc(OC)c1. The highest BCUT2D eigenvalue weighted by Crippen LogP contribution is 2.33. The monoisotopic (exact) mass is 729 g/mol. The number of piperidine rings is 1. The maximum absolute atomic E-state index is 13.3. The summed E-state index contributed by atoms with van der Waals surface area (Å²) in [6.07, 6.45) is 1.43. The number of ether oxygens (including phenoxy) is 8. The standard InChI is InChI=1S/C42H51NO10/c1-46-20-6-22-51-38-25-32(24-37(26-38)47-2)29-52-41-27-43(42(45)53-36-14-10-31(28-44)11-15-36)19-18-39(41)33-12-16-35(17-13-33)50-23-7-21-49-30-34-8-4-5-9-40(34)48-3/h4-5,8-17,24-26,39,41,44H,6-7,18-23,27-30H2,1-3H3/t39-,41?/m1/s1. The molecule has 0 spiro atoms. The molecule has 1 fully saturated rings. The molecule has 1 saturated heterocycles. The van der Waals surface area contributed by atoms with Gasteiger partial charge in [0.1, 0.15) is 28.7 Å². The lowest BCUT2D eigenvalue weighted by atomic mass is 9.87. The van der Waals surface area contributed by atoms with Crippen LogP contribution in [0.15, 0.2) is 91.0 Å². The molecule has 0 saturated carbocycles. The van der Waals surface area contributed by atoms with E-state index in [0.717, 1.165) is 46.6 Å². The molecule has 0 aliphatic carbocycles. The summed E-state index contributed by atoms with van der Waals surface area (Å²) in [5.41, 5.74) is 3.75. The number of methoxy groups -OCH3 is 3. The van der Waals surface area contributed by atoms with Gasteiger partial charge in [-0.15, -0.1) is 0 Å². The van der Waals surface area contributed by atoms with Crippen LogP contribution in [-0.2, 0) is 34.0 Å². The van der Waals surface area contributed by atoms with Crippen molar-refractivity contribution in [3.05, 3.63) is 113 Å². The Morgan fingerprint density at radius 2 is 1.45 bits per heavy atom. The molecule has 5 rings (SSSR count). The second kappa shape index (κ2) is 21.0. The van der Waals surface area contributed by atoms with Crippen molar-refractivity contribution >= 4 is 6.09 Å². The molecule has 0 radical (unpaired) electrons. The number of amides is 1. The molecule has 4 aromatic rings. The molecule has 1 amide bonds. The van der Waals surface area contributed by atoms with E-state index >= 15 is 0 Å². The zero-order valence-corrected chi connectivity index (χ0v) is 30.9. The summed E-state index contributed by atoms with van der Waals surface area (Å²) in [5.74, 6) is 3.40. The molecular formula is C42H51NO10. The molecule has 0 aromatic heterocycles. The van der Waals surface area contributed by atoms with Crippen molar-refractivity contribution in [1.82, 2.24) is 4.90 Å². The third-order valence-electron chi connectivity index (χ3n) is 8.99. The Morgan fingerprint density at radius 1 is 0.736 bits per heavy atom. The van der Waals surface area contributed by atoms with Crippen LogP contribution in [0.2, 0.25) is 0 Å². The summed E-state index contributed by atoms with van der Waals surface area (Å²) in [4.78, 5) is 15.0. The Kier molecular flexibility index (Phi) is 15.6. The summed E-state index contributed by atoms with van der Waals surface area (Å²) >= 11 is 0. The van der Waals surface area contributed by atoms with Crippen LogP contribution in [0, 0.1) is 0 Å². The number of hydrogen-bond donors (Lipinski definition) is 1. The van der Waals surface area contributed by atoms with E-state index in [1.165, 1.54) is 0 Å². The van der Waals surface area contributed by atoms with Crippen LogP contribution in [0.3, 0.4) is 0 Å².